The number of hydrogen-bond donors (Lipinski definition) is 2. The van der Waals surface area contributed by atoms with Gasteiger partial charge in [-0.1, -0.05) is 23.7 Å². The largest absolute Gasteiger partial charge is 0.462 e. The number of fused-ring (bicyclic) bond motifs is 1. The predicted molar refractivity (Wildman–Crippen MR) is 110 cm³/mol. The number of benzene rings is 1. The fourth-order valence-corrected chi connectivity index (χ4v) is 3.21. The van der Waals surface area contributed by atoms with Crippen molar-refractivity contribution in [3.63, 3.8) is 0 Å². The summed E-state index contributed by atoms with van der Waals surface area (Å²) in [6.45, 7) is 2.71. The van der Waals surface area contributed by atoms with Crippen LogP contribution in [0, 0.1) is 0 Å². The summed E-state index contributed by atoms with van der Waals surface area (Å²) in [5.74, 6) is 0.419. The Morgan fingerprint density at radius 2 is 1.97 bits per heavy atom. The van der Waals surface area contributed by atoms with Gasteiger partial charge in [-0.15, -0.1) is 0 Å². The number of aliphatic hydroxyl groups excluding tert-OH is 1. The van der Waals surface area contributed by atoms with Crippen LogP contribution in [0.4, 0.5) is 0 Å². The molecule has 0 saturated heterocycles. The van der Waals surface area contributed by atoms with Crippen molar-refractivity contribution in [2.45, 2.75) is 32.2 Å². The van der Waals surface area contributed by atoms with Gasteiger partial charge in [-0.25, -0.2) is 9.78 Å². The van der Waals surface area contributed by atoms with Crippen molar-refractivity contribution in [1.82, 2.24) is 24.0 Å². The summed E-state index contributed by atoms with van der Waals surface area (Å²) in [6.07, 6.45) is 1.19. The van der Waals surface area contributed by atoms with Gasteiger partial charge in [-0.05, 0) is 25.5 Å². The normalized spacial score (nSPS) is 13.6. The molecule has 2 aromatic heterocycles. The second kappa shape index (κ2) is 8.81. The number of imidazole rings is 1. The van der Waals surface area contributed by atoms with Gasteiger partial charge in [0, 0.05) is 26.7 Å². The Kier molecular flexibility index (Phi) is 6.41. The SMILES string of the molecule is CC(CCn1cnc2c1c(=O)n(C)c(=O)n2C)NCC(O)Oc1ccccc1Cl. The number of aliphatic hydroxyl groups is 1. The maximum atomic E-state index is 12.5. The maximum absolute atomic E-state index is 12.5. The van der Waals surface area contributed by atoms with Crippen LogP contribution in [0.5, 0.6) is 5.75 Å². The molecule has 9 nitrogen and oxygen atoms in total. The van der Waals surface area contributed by atoms with E-state index in [1.54, 1.807) is 42.2 Å². The molecule has 0 radical (unpaired) electrons. The molecular weight excluding hydrogens is 398 g/mol. The van der Waals surface area contributed by atoms with E-state index in [2.05, 4.69) is 10.3 Å². The smallest absolute Gasteiger partial charge is 0.332 e. The first kappa shape index (κ1) is 21.1. The summed E-state index contributed by atoms with van der Waals surface area (Å²) in [6, 6.07) is 6.97. The van der Waals surface area contributed by atoms with Crippen LogP contribution in [0.1, 0.15) is 13.3 Å². The van der Waals surface area contributed by atoms with Gasteiger partial charge < -0.3 is 19.7 Å². The Balaban J connectivity index is 1.59. The third-order valence-corrected chi connectivity index (χ3v) is 5.07. The van der Waals surface area contributed by atoms with Crippen molar-refractivity contribution in [1.29, 1.82) is 0 Å². The van der Waals surface area contributed by atoms with Crippen LogP contribution in [0.3, 0.4) is 0 Å². The fraction of sp³-hybridized carbons (Fsp3) is 0.421. The van der Waals surface area contributed by atoms with Gasteiger partial charge >= 0.3 is 5.69 Å². The van der Waals surface area contributed by atoms with Gasteiger partial charge in [0.05, 0.1) is 17.9 Å². The van der Waals surface area contributed by atoms with E-state index in [9.17, 15) is 14.7 Å². The first-order valence-electron chi connectivity index (χ1n) is 9.23. The second-order valence-corrected chi connectivity index (χ2v) is 7.32. The van der Waals surface area contributed by atoms with Crippen LogP contribution in [0.15, 0.2) is 40.2 Å². The molecule has 29 heavy (non-hydrogen) atoms. The van der Waals surface area contributed by atoms with Crippen molar-refractivity contribution >= 4 is 22.8 Å². The second-order valence-electron chi connectivity index (χ2n) is 6.92. The van der Waals surface area contributed by atoms with Crippen molar-refractivity contribution in [2.75, 3.05) is 6.54 Å². The highest BCUT2D eigenvalue weighted by atomic mass is 35.5. The molecule has 0 aliphatic heterocycles. The fourth-order valence-electron chi connectivity index (χ4n) is 3.03. The zero-order valence-electron chi connectivity index (χ0n) is 16.5. The molecule has 3 aromatic rings. The van der Waals surface area contributed by atoms with Gasteiger partial charge in [-0.2, -0.15) is 0 Å². The van der Waals surface area contributed by atoms with Crippen LogP contribution in [-0.4, -0.2) is 42.7 Å². The number of para-hydroxylation sites is 1. The molecule has 0 fully saturated rings. The van der Waals surface area contributed by atoms with E-state index in [0.717, 1.165) is 4.57 Å². The third-order valence-electron chi connectivity index (χ3n) is 4.76. The van der Waals surface area contributed by atoms with E-state index in [1.165, 1.54) is 11.6 Å². The standard InChI is InChI=1S/C19H24ClN5O4/c1-12(21-10-15(26)29-14-7-5-4-6-13(14)20)8-9-25-11-22-17-16(25)18(27)24(3)19(28)23(17)2/h4-7,11-12,15,21,26H,8-10H2,1-3H3. The lowest BCUT2D eigenvalue weighted by Gasteiger charge is -2.19. The molecule has 2 heterocycles. The number of aryl methyl sites for hydroxylation is 2. The topological polar surface area (TPSA) is 103 Å². The van der Waals surface area contributed by atoms with Gasteiger partial charge in [0.2, 0.25) is 6.29 Å². The molecule has 2 atom stereocenters. The number of halogens is 1. The minimum absolute atomic E-state index is 0.0355. The Morgan fingerprint density at radius 3 is 2.69 bits per heavy atom. The zero-order valence-corrected chi connectivity index (χ0v) is 17.3. The monoisotopic (exact) mass is 421 g/mol. The highest BCUT2D eigenvalue weighted by Gasteiger charge is 2.15. The molecule has 0 aliphatic carbocycles. The molecule has 156 valence electrons. The van der Waals surface area contributed by atoms with E-state index < -0.39 is 12.0 Å². The van der Waals surface area contributed by atoms with Gasteiger partial charge in [0.25, 0.3) is 5.56 Å². The Hall–Kier alpha value is -2.62. The van der Waals surface area contributed by atoms with Crippen LogP contribution in [-0.2, 0) is 20.6 Å². The Morgan fingerprint density at radius 1 is 1.24 bits per heavy atom. The minimum Gasteiger partial charge on any atom is -0.462 e. The molecule has 0 aliphatic rings. The number of hydrogen-bond acceptors (Lipinski definition) is 6. The number of ether oxygens (including phenoxy) is 1. The van der Waals surface area contributed by atoms with Gasteiger partial charge in [-0.3, -0.25) is 13.9 Å². The number of aromatic nitrogens is 4. The molecule has 1 aromatic carbocycles. The van der Waals surface area contributed by atoms with Gasteiger partial charge in [0.15, 0.2) is 11.2 Å². The zero-order chi connectivity index (χ0) is 21.1. The quantitative estimate of drug-likeness (QED) is 0.523. The summed E-state index contributed by atoms with van der Waals surface area (Å²) >= 11 is 6.02. The van der Waals surface area contributed by atoms with Crippen LogP contribution < -0.4 is 21.3 Å². The lowest BCUT2D eigenvalue weighted by atomic mass is 10.2. The lowest BCUT2D eigenvalue weighted by Crippen LogP contribution is -2.38. The molecule has 10 heteroatoms. The molecule has 0 saturated carbocycles. The molecule has 0 bridgehead atoms. The van der Waals surface area contributed by atoms with Gasteiger partial charge in [0.1, 0.15) is 5.75 Å². The van der Waals surface area contributed by atoms with Crippen molar-refractivity contribution in [3.8, 4) is 5.75 Å². The molecular formula is C19H24ClN5O4. The summed E-state index contributed by atoms with van der Waals surface area (Å²) < 4.78 is 9.60. The van der Waals surface area contributed by atoms with Crippen molar-refractivity contribution in [2.24, 2.45) is 14.1 Å². The summed E-state index contributed by atoms with van der Waals surface area (Å²) in [5, 5.41) is 13.7. The highest BCUT2D eigenvalue weighted by Crippen LogP contribution is 2.23. The molecule has 0 amide bonds. The minimum atomic E-state index is -1.05. The summed E-state index contributed by atoms with van der Waals surface area (Å²) in [5.41, 5.74) is -0.0220. The third kappa shape index (κ3) is 4.52. The van der Waals surface area contributed by atoms with E-state index in [-0.39, 0.29) is 18.1 Å². The average Bonchev–Trinajstić information content (AvgIpc) is 3.13. The average molecular weight is 422 g/mol. The number of nitrogens with zero attached hydrogens (tertiary/aromatic N) is 4. The van der Waals surface area contributed by atoms with Crippen molar-refractivity contribution < 1.29 is 9.84 Å². The summed E-state index contributed by atoms with van der Waals surface area (Å²) in [4.78, 5) is 28.7. The van der Waals surface area contributed by atoms with E-state index in [1.807, 2.05) is 6.92 Å². The maximum Gasteiger partial charge on any atom is 0.332 e. The molecule has 2 N–H and O–H groups in total. The number of rotatable bonds is 8. The number of nitrogens with one attached hydrogen (secondary N) is 1. The van der Waals surface area contributed by atoms with E-state index >= 15 is 0 Å². The van der Waals surface area contributed by atoms with Crippen LogP contribution in [0.2, 0.25) is 5.02 Å². The first-order valence-corrected chi connectivity index (χ1v) is 9.61. The van der Waals surface area contributed by atoms with Crippen molar-refractivity contribution in [3.05, 3.63) is 56.5 Å². The molecule has 3 rings (SSSR count). The molecule has 2 unspecified atom stereocenters. The van der Waals surface area contributed by atoms with Crippen LogP contribution in [0.25, 0.3) is 11.2 Å². The first-order chi connectivity index (χ1) is 13.8. The Labute approximate surface area is 172 Å². The van der Waals surface area contributed by atoms with E-state index in [0.29, 0.717) is 34.9 Å². The Bertz CT molecular complexity index is 1120. The summed E-state index contributed by atoms with van der Waals surface area (Å²) in [7, 11) is 3.04. The lowest BCUT2D eigenvalue weighted by molar-refractivity contribution is -0.0168. The molecule has 0 spiro atoms. The van der Waals surface area contributed by atoms with Crippen LogP contribution >= 0.6 is 11.6 Å². The highest BCUT2D eigenvalue weighted by molar-refractivity contribution is 6.32. The predicted octanol–water partition coefficient (Wildman–Crippen LogP) is 0.853. The van der Waals surface area contributed by atoms with E-state index in [4.69, 9.17) is 16.3 Å².